The van der Waals surface area contributed by atoms with Gasteiger partial charge in [-0.1, -0.05) is 0 Å². The quantitative estimate of drug-likeness (QED) is 0.621. The van der Waals surface area contributed by atoms with Gasteiger partial charge < -0.3 is 4.74 Å². The van der Waals surface area contributed by atoms with Crippen LogP contribution in [-0.2, 0) is 0 Å². The number of aryl methyl sites for hydroxylation is 1. The Balaban J connectivity index is 2.99. The van der Waals surface area contributed by atoms with Crippen molar-refractivity contribution in [2.24, 2.45) is 0 Å². The average molecular weight is 263 g/mol. The van der Waals surface area contributed by atoms with E-state index >= 15 is 0 Å². The third-order valence-electron chi connectivity index (χ3n) is 2.63. The maximum Gasteiger partial charge on any atom is 0.320 e. The monoisotopic (exact) mass is 263 g/mol. The molecule has 1 aromatic heterocycles. The van der Waals surface area contributed by atoms with Crippen LogP contribution in [0.1, 0.15) is 5.69 Å². The molecule has 8 nitrogen and oxygen atoms in total. The van der Waals surface area contributed by atoms with Crippen molar-refractivity contribution in [2.75, 3.05) is 7.11 Å². The molecule has 8 heteroatoms. The van der Waals surface area contributed by atoms with Crippen LogP contribution in [0.15, 0.2) is 18.2 Å². The molecular formula is C11H9N3O5. The highest BCUT2D eigenvalue weighted by Crippen LogP contribution is 2.39. The first-order valence-corrected chi connectivity index (χ1v) is 5.23. The zero-order valence-corrected chi connectivity index (χ0v) is 10.1. The van der Waals surface area contributed by atoms with Crippen LogP contribution < -0.4 is 4.74 Å². The lowest BCUT2D eigenvalue weighted by Gasteiger charge is -2.06. The molecule has 0 aliphatic carbocycles. The van der Waals surface area contributed by atoms with Crippen LogP contribution in [0, 0.1) is 27.2 Å². The summed E-state index contributed by atoms with van der Waals surface area (Å²) in [5.41, 5.74) is -0.121. The summed E-state index contributed by atoms with van der Waals surface area (Å²) in [6.45, 7) is 1.65. The molecule has 0 amide bonds. The van der Waals surface area contributed by atoms with Crippen molar-refractivity contribution in [3.8, 4) is 5.75 Å². The van der Waals surface area contributed by atoms with Crippen molar-refractivity contribution in [3.05, 3.63) is 44.1 Å². The van der Waals surface area contributed by atoms with Crippen molar-refractivity contribution in [2.45, 2.75) is 6.92 Å². The normalized spacial score (nSPS) is 10.4. The standard InChI is InChI=1S/C11H9N3O5/c1-6-3-4-7-10(12-6)8(13(15)16)5-9(19-2)11(7)14(17)18/h3-5H,1-2H3. The molecule has 0 aliphatic rings. The van der Waals surface area contributed by atoms with E-state index in [1.807, 2.05) is 0 Å². The fourth-order valence-corrected chi connectivity index (χ4v) is 1.82. The summed E-state index contributed by atoms with van der Waals surface area (Å²) in [7, 11) is 1.22. The Morgan fingerprint density at radius 1 is 1.21 bits per heavy atom. The molecule has 0 unspecified atom stereocenters. The first-order chi connectivity index (χ1) is 8.95. The minimum absolute atomic E-state index is 0.0162. The van der Waals surface area contributed by atoms with Crippen LogP contribution in [0.5, 0.6) is 5.75 Å². The van der Waals surface area contributed by atoms with E-state index in [1.165, 1.54) is 13.2 Å². The van der Waals surface area contributed by atoms with Gasteiger partial charge in [-0.2, -0.15) is 0 Å². The number of nitro benzene ring substituents is 2. The van der Waals surface area contributed by atoms with Gasteiger partial charge in [0.2, 0.25) is 5.75 Å². The maximum atomic E-state index is 11.1. The summed E-state index contributed by atoms with van der Waals surface area (Å²) in [5, 5.41) is 22.2. The molecule has 0 fully saturated rings. The van der Waals surface area contributed by atoms with Gasteiger partial charge >= 0.3 is 5.69 Å². The summed E-state index contributed by atoms with van der Waals surface area (Å²) in [6, 6.07) is 4.01. The molecule has 19 heavy (non-hydrogen) atoms. The number of non-ortho nitro benzene ring substituents is 1. The number of benzene rings is 1. The van der Waals surface area contributed by atoms with Crippen LogP contribution in [0.2, 0.25) is 0 Å². The molecule has 1 aromatic carbocycles. The van der Waals surface area contributed by atoms with Crippen LogP contribution in [-0.4, -0.2) is 21.9 Å². The summed E-state index contributed by atoms with van der Waals surface area (Å²) >= 11 is 0. The van der Waals surface area contributed by atoms with Gasteiger partial charge in [-0.25, -0.2) is 4.98 Å². The van der Waals surface area contributed by atoms with Crippen molar-refractivity contribution >= 4 is 22.3 Å². The number of hydrogen-bond acceptors (Lipinski definition) is 6. The highest BCUT2D eigenvalue weighted by molar-refractivity contribution is 5.97. The molecule has 0 radical (unpaired) electrons. The molecular weight excluding hydrogens is 254 g/mol. The van der Waals surface area contributed by atoms with E-state index in [9.17, 15) is 20.2 Å². The van der Waals surface area contributed by atoms with Crippen LogP contribution in [0.4, 0.5) is 11.4 Å². The van der Waals surface area contributed by atoms with Crippen molar-refractivity contribution in [1.29, 1.82) is 0 Å². The van der Waals surface area contributed by atoms with Gasteiger partial charge in [-0.3, -0.25) is 20.2 Å². The van der Waals surface area contributed by atoms with Gasteiger partial charge in [0.25, 0.3) is 5.69 Å². The summed E-state index contributed by atoms with van der Waals surface area (Å²) < 4.78 is 4.86. The zero-order valence-electron chi connectivity index (χ0n) is 10.1. The summed E-state index contributed by atoms with van der Waals surface area (Å²) in [4.78, 5) is 24.8. The van der Waals surface area contributed by atoms with E-state index in [2.05, 4.69) is 4.98 Å². The molecule has 0 saturated carbocycles. The number of ether oxygens (including phenoxy) is 1. The lowest BCUT2D eigenvalue weighted by molar-refractivity contribution is -0.387. The molecule has 0 bridgehead atoms. The number of fused-ring (bicyclic) bond motifs is 1. The van der Waals surface area contributed by atoms with Gasteiger partial charge in [0.05, 0.1) is 28.4 Å². The second-order valence-corrected chi connectivity index (χ2v) is 3.81. The Labute approximate surface area is 106 Å². The maximum absolute atomic E-state index is 11.1. The molecule has 0 atom stereocenters. The van der Waals surface area contributed by atoms with Crippen molar-refractivity contribution < 1.29 is 14.6 Å². The highest BCUT2D eigenvalue weighted by Gasteiger charge is 2.27. The Morgan fingerprint density at radius 3 is 2.42 bits per heavy atom. The Morgan fingerprint density at radius 2 is 1.89 bits per heavy atom. The van der Waals surface area contributed by atoms with Gasteiger partial charge in [-0.05, 0) is 19.1 Å². The molecule has 2 aromatic rings. The smallest absolute Gasteiger partial charge is 0.320 e. The molecule has 0 aliphatic heterocycles. The fourth-order valence-electron chi connectivity index (χ4n) is 1.82. The van der Waals surface area contributed by atoms with E-state index in [-0.39, 0.29) is 28.0 Å². The number of aromatic nitrogens is 1. The lowest BCUT2D eigenvalue weighted by atomic mass is 10.1. The number of pyridine rings is 1. The SMILES string of the molecule is COc1cc([N+](=O)[O-])c2nc(C)ccc2c1[N+](=O)[O-]. The molecule has 1 heterocycles. The topological polar surface area (TPSA) is 108 Å². The largest absolute Gasteiger partial charge is 0.490 e. The first kappa shape index (κ1) is 12.7. The Kier molecular flexibility index (Phi) is 2.99. The third-order valence-corrected chi connectivity index (χ3v) is 2.63. The van der Waals surface area contributed by atoms with E-state index in [1.54, 1.807) is 13.0 Å². The van der Waals surface area contributed by atoms with E-state index < -0.39 is 9.85 Å². The van der Waals surface area contributed by atoms with Gasteiger partial charge in [0.1, 0.15) is 0 Å². The summed E-state index contributed by atoms with van der Waals surface area (Å²) in [6.07, 6.45) is 0. The predicted molar refractivity (Wildman–Crippen MR) is 66.3 cm³/mol. The fraction of sp³-hybridized carbons (Fsp3) is 0.182. The molecule has 0 saturated heterocycles. The number of methoxy groups -OCH3 is 1. The van der Waals surface area contributed by atoms with Gasteiger partial charge in [-0.15, -0.1) is 0 Å². The highest BCUT2D eigenvalue weighted by atomic mass is 16.6. The predicted octanol–water partition coefficient (Wildman–Crippen LogP) is 2.37. The van der Waals surface area contributed by atoms with E-state index in [4.69, 9.17) is 4.74 Å². The number of rotatable bonds is 3. The second kappa shape index (κ2) is 4.48. The Hall–Kier alpha value is -2.77. The van der Waals surface area contributed by atoms with Crippen LogP contribution in [0.3, 0.4) is 0 Å². The van der Waals surface area contributed by atoms with Crippen LogP contribution in [0.25, 0.3) is 10.9 Å². The second-order valence-electron chi connectivity index (χ2n) is 3.81. The van der Waals surface area contributed by atoms with Gasteiger partial charge in [0, 0.05) is 5.69 Å². The average Bonchev–Trinajstić information content (AvgIpc) is 2.35. The first-order valence-electron chi connectivity index (χ1n) is 5.23. The summed E-state index contributed by atoms with van der Waals surface area (Å²) in [5.74, 6) is -0.158. The van der Waals surface area contributed by atoms with Crippen molar-refractivity contribution in [3.63, 3.8) is 0 Å². The minimum Gasteiger partial charge on any atom is -0.490 e. The molecule has 2 rings (SSSR count). The third kappa shape index (κ3) is 2.03. The van der Waals surface area contributed by atoms with E-state index in [0.717, 1.165) is 6.07 Å². The van der Waals surface area contributed by atoms with E-state index in [0.29, 0.717) is 5.69 Å². The molecule has 98 valence electrons. The number of nitrogens with zero attached hydrogens (tertiary/aromatic N) is 3. The van der Waals surface area contributed by atoms with Crippen molar-refractivity contribution in [1.82, 2.24) is 4.98 Å². The zero-order chi connectivity index (χ0) is 14.2. The number of nitro groups is 2. The van der Waals surface area contributed by atoms with Gasteiger partial charge in [0.15, 0.2) is 5.52 Å². The van der Waals surface area contributed by atoms with Crippen LogP contribution >= 0.6 is 0 Å². The Bertz CT molecular complexity index is 698. The lowest BCUT2D eigenvalue weighted by Crippen LogP contribution is -2.00. The number of hydrogen-bond donors (Lipinski definition) is 0. The molecule has 0 spiro atoms. The minimum atomic E-state index is -0.638. The molecule has 0 N–H and O–H groups in total.